The highest BCUT2D eigenvalue weighted by atomic mass is 32.1. The summed E-state index contributed by atoms with van der Waals surface area (Å²) in [6.07, 6.45) is 3.10. The van der Waals surface area contributed by atoms with Crippen molar-refractivity contribution in [1.82, 2.24) is 19.5 Å². The van der Waals surface area contributed by atoms with Gasteiger partial charge in [-0.3, -0.25) is 4.79 Å². The summed E-state index contributed by atoms with van der Waals surface area (Å²) in [5.41, 5.74) is 1.11. The number of piperazine rings is 1. The fraction of sp³-hybridized carbons (Fsp3) is 0.706. The van der Waals surface area contributed by atoms with E-state index in [2.05, 4.69) is 32.6 Å². The zero-order valence-corrected chi connectivity index (χ0v) is 15.6. The van der Waals surface area contributed by atoms with Gasteiger partial charge in [-0.15, -0.1) is 5.10 Å². The van der Waals surface area contributed by atoms with Crippen LogP contribution in [0.15, 0.2) is 6.20 Å². The van der Waals surface area contributed by atoms with E-state index in [4.69, 9.17) is 10.1 Å². The third kappa shape index (κ3) is 2.79. The van der Waals surface area contributed by atoms with Gasteiger partial charge in [0.1, 0.15) is 0 Å². The van der Waals surface area contributed by atoms with Gasteiger partial charge in [0.15, 0.2) is 0 Å². The first-order chi connectivity index (χ1) is 11.3. The molecule has 2 fully saturated rings. The molecule has 1 aliphatic heterocycles. The molecule has 4 rings (SSSR count). The number of aromatic nitrogens is 3. The zero-order chi connectivity index (χ0) is 17.1. The van der Waals surface area contributed by atoms with E-state index < -0.39 is 0 Å². The molecule has 0 aromatic carbocycles. The molecule has 0 radical (unpaired) electrons. The second-order valence-electron chi connectivity index (χ2n) is 8.12. The highest BCUT2D eigenvalue weighted by molar-refractivity contribution is 7.20. The molecule has 1 aliphatic carbocycles. The third-order valence-corrected chi connectivity index (χ3v) is 6.07. The fourth-order valence-corrected chi connectivity index (χ4v) is 4.13. The average Bonchev–Trinajstić information content (AvgIpc) is 2.94. The van der Waals surface area contributed by atoms with Crippen molar-refractivity contribution in [2.45, 2.75) is 39.5 Å². The molecule has 2 atom stereocenters. The van der Waals surface area contributed by atoms with Crippen molar-refractivity contribution in [2.75, 3.05) is 31.1 Å². The summed E-state index contributed by atoms with van der Waals surface area (Å²) < 4.78 is 1.89. The second kappa shape index (κ2) is 5.44. The van der Waals surface area contributed by atoms with Crippen LogP contribution >= 0.6 is 11.3 Å². The maximum atomic E-state index is 12.3. The normalized spacial score (nSPS) is 24.7. The molecule has 2 aliphatic rings. The molecule has 130 valence electrons. The van der Waals surface area contributed by atoms with Gasteiger partial charge in [0.2, 0.25) is 16.0 Å². The molecule has 0 N–H and O–H groups in total. The van der Waals surface area contributed by atoms with Crippen LogP contribution in [-0.4, -0.2) is 51.6 Å². The van der Waals surface area contributed by atoms with Crippen LogP contribution in [0.25, 0.3) is 4.96 Å². The molecule has 2 aromatic heterocycles. The summed E-state index contributed by atoms with van der Waals surface area (Å²) in [6.45, 7) is 12.0. The van der Waals surface area contributed by atoms with Crippen LogP contribution in [0, 0.1) is 11.8 Å². The standard InChI is InChI=1S/C17H25N5OS/c1-11-9-12(11)14(23)20-5-7-21(8-6-20)16-19-22-10-13(17(2,3)4)18-15(22)24-16/h10-12H,5-9H2,1-4H3. The molecule has 24 heavy (non-hydrogen) atoms. The molecular formula is C17H25N5OS. The van der Waals surface area contributed by atoms with Crippen LogP contribution in [0.4, 0.5) is 5.13 Å². The molecule has 2 unspecified atom stereocenters. The zero-order valence-electron chi connectivity index (χ0n) is 14.8. The number of imidazole rings is 1. The van der Waals surface area contributed by atoms with Gasteiger partial charge < -0.3 is 9.80 Å². The van der Waals surface area contributed by atoms with Crippen molar-refractivity contribution < 1.29 is 4.79 Å². The SMILES string of the molecule is CC1CC1C(=O)N1CCN(c2nn3cc(C(C)(C)C)nc3s2)CC1. The largest absolute Gasteiger partial charge is 0.343 e. The van der Waals surface area contributed by atoms with Crippen LogP contribution in [0.2, 0.25) is 0 Å². The van der Waals surface area contributed by atoms with Gasteiger partial charge in [-0.05, 0) is 12.3 Å². The molecule has 0 bridgehead atoms. The monoisotopic (exact) mass is 347 g/mol. The Bertz CT molecular complexity index is 734. The van der Waals surface area contributed by atoms with Crippen molar-refractivity contribution in [3.05, 3.63) is 11.9 Å². The van der Waals surface area contributed by atoms with E-state index in [-0.39, 0.29) is 11.3 Å². The first-order valence-electron chi connectivity index (χ1n) is 8.73. The van der Waals surface area contributed by atoms with E-state index in [1.54, 1.807) is 11.3 Å². The second-order valence-corrected chi connectivity index (χ2v) is 9.05. The number of carbonyl (C=O) groups is 1. The first-order valence-corrected chi connectivity index (χ1v) is 9.55. The lowest BCUT2D eigenvalue weighted by Gasteiger charge is -2.34. The molecule has 6 nitrogen and oxygen atoms in total. The van der Waals surface area contributed by atoms with Crippen molar-refractivity contribution >= 4 is 27.3 Å². The highest BCUT2D eigenvalue weighted by Gasteiger charge is 2.42. The minimum atomic E-state index is 0.0412. The maximum absolute atomic E-state index is 12.3. The number of carbonyl (C=O) groups excluding carboxylic acids is 1. The summed E-state index contributed by atoms with van der Waals surface area (Å²) in [5, 5.41) is 5.70. The van der Waals surface area contributed by atoms with Gasteiger partial charge >= 0.3 is 0 Å². The fourth-order valence-electron chi connectivity index (χ4n) is 3.20. The van der Waals surface area contributed by atoms with Crippen molar-refractivity contribution in [3.63, 3.8) is 0 Å². The lowest BCUT2D eigenvalue weighted by atomic mass is 9.93. The van der Waals surface area contributed by atoms with Gasteiger partial charge in [0, 0.05) is 37.5 Å². The van der Waals surface area contributed by atoms with Crippen LogP contribution in [-0.2, 0) is 10.2 Å². The predicted octanol–water partition coefficient (Wildman–Crippen LogP) is 2.39. The minimum absolute atomic E-state index is 0.0412. The molecule has 1 amide bonds. The van der Waals surface area contributed by atoms with Gasteiger partial charge in [0.05, 0.1) is 11.9 Å². The van der Waals surface area contributed by atoms with Crippen LogP contribution in [0.5, 0.6) is 0 Å². The first kappa shape index (κ1) is 15.9. The Balaban J connectivity index is 1.43. The van der Waals surface area contributed by atoms with Crippen molar-refractivity contribution in [1.29, 1.82) is 0 Å². The molecular weight excluding hydrogens is 322 g/mol. The lowest BCUT2D eigenvalue weighted by Crippen LogP contribution is -2.49. The van der Waals surface area contributed by atoms with Gasteiger partial charge in [-0.1, -0.05) is 39.0 Å². The molecule has 1 saturated carbocycles. The lowest BCUT2D eigenvalue weighted by molar-refractivity contribution is -0.133. The Morgan fingerprint density at radius 2 is 1.92 bits per heavy atom. The molecule has 7 heteroatoms. The smallest absolute Gasteiger partial charge is 0.226 e. The molecule has 3 heterocycles. The van der Waals surface area contributed by atoms with E-state index >= 15 is 0 Å². The van der Waals surface area contributed by atoms with Crippen LogP contribution in [0.1, 0.15) is 39.8 Å². The quantitative estimate of drug-likeness (QED) is 0.837. The van der Waals surface area contributed by atoms with E-state index in [9.17, 15) is 4.79 Å². The number of rotatable bonds is 2. The topological polar surface area (TPSA) is 53.7 Å². The number of anilines is 1. The van der Waals surface area contributed by atoms with E-state index in [0.717, 1.165) is 48.4 Å². The maximum Gasteiger partial charge on any atom is 0.226 e. The van der Waals surface area contributed by atoms with Crippen LogP contribution in [0.3, 0.4) is 0 Å². The predicted molar refractivity (Wildman–Crippen MR) is 95.6 cm³/mol. The number of fused-ring (bicyclic) bond motifs is 1. The summed E-state index contributed by atoms with van der Waals surface area (Å²) >= 11 is 1.63. The number of nitrogens with zero attached hydrogens (tertiary/aromatic N) is 5. The molecule has 2 aromatic rings. The van der Waals surface area contributed by atoms with Crippen LogP contribution < -0.4 is 4.90 Å². The van der Waals surface area contributed by atoms with Crippen molar-refractivity contribution in [2.24, 2.45) is 11.8 Å². The average molecular weight is 347 g/mol. The Hall–Kier alpha value is -1.63. The van der Waals surface area contributed by atoms with E-state index in [1.807, 2.05) is 15.6 Å². The number of hydrogen-bond donors (Lipinski definition) is 0. The minimum Gasteiger partial charge on any atom is -0.343 e. The summed E-state index contributed by atoms with van der Waals surface area (Å²) in [6, 6.07) is 0. The number of hydrogen-bond acceptors (Lipinski definition) is 5. The highest BCUT2D eigenvalue weighted by Crippen LogP contribution is 2.39. The third-order valence-electron chi connectivity index (χ3n) is 5.09. The Labute approximate surface area is 146 Å². The summed E-state index contributed by atoms with van der Waals surface area (Å²) in [7, 11) is 0. The van der Waals surface area contributed by atoms with E-state index in [0.29, 0.717) is 11.8 Å². The van der Waals surface area contributed by atoms with Gasteiger partial charge in [0.25, 0.3) is 0 Å². The Kier molecular flexibility index (Phi) is 3.60. The Morgan fingerprint density at radius 3 is 2.46 bits per heavy atom. The Morgan fingerprint density at radius 1 is 1.25 bits per heavy atom. The number of amides is 1. The van der Waals surface area contributed by atoms with Gasteiger partial charge in [-0.2, -0.15) is 0 Å². The molecule has 1 saturated heterocycles. The molecule has 0 spiro atoms. The van der Waals surface area contributed by atoms with Gasteiger partial charge in [-0.25, -0.2) is 9.50 Å². The summed E-state index contributed by atoms with van der Waals surface area (Å²) in [4.78, 5) is 22.3. The van der Waals surface area contributed by atoms with Crippen molar-refractivity contribution in [3.8, 4) is 0 Å². The van der Waals surface area contributed by atoms with E-state index in [1.165, 1.54) is 0 Å². The summed E-state index contributed by atoms with van der Waals surface area (Å²) in [5.74, 6) is 1.22.